The van der Waals surface area contributed by atoms with Gasteiger partial charge in [0, 0.05) is 32.6 Å². The van der Waals surface area contributed by atoms with Gasteiger partial charge < -0.3 is 14.5 Å². The highest BCUT2D eigenvalue weighted by Crippen LogP contribution is 2.05. The third-order valence-corrected chi connectivity index (χ3v) is 2.37. The molecule has 0 aliphatic rings. The fourth-order valence-electron chi connectivity index (χ4n) is 1.49. The summed E-state index contributed by atoms with van der Waals surface area (Å²) in [7, 11) is 1.70. The van der Waals surface area contributed by atoms with Crippen LogP contribution in [0.2, 0.25) is 0 Å². The Balaban J connectivity index is 2.16. The highest BCUT2D eigenvalue weighted by atomic mass is 16.5. The number of methoxy groups -OCH3 is 1. The van der Waals surface area contributed by atoms with Gasteiger partial charge in [0.25, 0.3) is 0 Å². The van der Waals surface area contributed by atoms with Crippen molar-refractivity contribution in [2.45, 2.75) is 45.6 Å². The molecule has 0 saturated carbocycles. The van der Waals surface area contributed by atoms with E-state index in [1.807, 2.05) is 0 Å². The van der Waals surface area contributed by atoms with E-state index >= 15 is 0 Å². The standard InChI is InChI=1S/C12H23N3O2/c1-10(2)13-8-4-6-11-14-15-12(17-11)7-5-9-16-3/h10,13H,4-9H2,1-3H3. The van der Waals surface area contributed by atoms with Crippen molar-refractivity contribution in [1.82, 2.24) is 15.5 Å². The van der Waals surface area contributed by atoms with Gasteiger partial charge >= 0.3 is 0 Å². The fourth-order valence-corrected chi connectivity index (χ4v) is 1.49. The minimum atomic E-state index is 0.530. The fraction of sp³-hybridized carbons (Fsp3) is 0.833. The van der Waals surface area contributed by atoms with Crippen LogP contribution in [0.5, 0.6) is 0 Å². The van der Waals surface area contributed by atoms with Crippen molar-refractivity contribution in [3.63, 3.8) is 0 Å². The van der Waals surface area contributed by atoms with E-state index < -0.39 is 0 Å². The van der Waals surface area contributed by atoms with Crippen molar-refractivity contribution < 1.29 is 9.15 Å². The Morgan fingerprint density at radius 1 is 1.18 bits per heavy atom. The number of aryl methyl sites for hydroxylation is 2. The predicted octanol–water partition coefficient (Wildman–Crippen LogP) is 1.58. The monoisotopic (exact) mass is 241 g/mol. The predicted molar refractivity (Wildman–Crippen MR) is 66.0 cm³/mol. The number of ether oxygens (including phenoxy) is 1. The van der Waals surface area contributed by atoms with Crippen molar-refractivity contribution in [2.24, 2.45) is 0 Å². The second-order valence-electron chi connectivity index (χ2n) is 4.40. The first kappa shape index (κ1) is 14.1. The molecule has 0 bridgehead atoms. The number of nitrogens with one attached hydrogen (secondary N) is 1. The van der Waals surface area contributed by atoms with Gasteiger partial charge in [-0.05, 0) is 19.4 Å². The molecule has 1 aromatic rings. The number of hydrogen-bond donors (Lipinski definition) is 1. The summed E-state index contributed by atoms with van der Waals surface area (Å²) < 4.78 is 10.5. The first-order valence-corrected chi connectivity index (χ1v) is 6.26. The highest BCUT2D eigenvalue weighted by Gasteiger charge is 2.05. The second kappa shape index (κ2) is 8.20. The lowest BCUT2D eigenvalue weighted by Crippen LogP contribution is -2.23. The molecule has 0 unspecified atom stereocenters. The summed E-state index contributed by atoms with van der Waals surface area (Å²) in [6.45, 7) is 6.00. The molecule has 1 aromatic heterocycles. The van der Waals surface area contributed by atoms with E-state index in [2.05, 4.69) is 29.4 Å². The normalized spacial score (nSPS) is 11.3. The lowest BCUT2D eigenvalue weighted by atomic mass is 10.3. The van der Waals surface area contributed by atoms with Gasteiger partial charge in [-0.3, -0.25) is 0 Å². The third-order valence-electron chi connectivity index (χ3n) is 2.37. The van der Waals surface area contributed by atoms with E-state index in [0.29, 0.717) is 11.9 Å². The van der Waals surface area contributed by atoms with Crippen molar-refractivity contribution >= 4 is 0 Å². The summed E-state index contributed by atoms with van der Waals surface area (Å²) in [5, 5.41) is 11.4. The van der Waals surface area contributed by atoms with E-state index in [1.54, 1.807) is 7.11 Å². The van der Waals surface area contributed by atoms with Crippen molar-refractivity contribution in [2.75, 3.05) is 20.3 Å². The Hall–Kier alpha value is -0.940. The SMILES string of the molecule is COCCCc1nnc(CCCNC(C)C)o1. The molecule has 0 saturated heterocycles. The Kier molecular flexibility index (Phi) is 6.81. The molecule has 0 fully saturated rings. The average Bonchev–Trinajstić information content (AvgIpc) is 2.73. The molecule has 1 heterocycles. The Bertz CT molecular complexity index is 300. The van der Waals surface area contributed by atoms with Gasteiger partial charge in [-0.15, -0.1) is 10.2 Å². The Morgan fingerprint density at radius 2 is 1.82 bits per heavy atom. The van der Waals surface area contributed by atoms with E-state index in [1.165, 1.54) is 0 Å². The van der Waals surface area contributed by atoms with Crippen LogP contribution in [-0.2, 0) is 17.6 Å². The van der Waals surface area contributed by atoms with Gasteiger partial charge in [0.15, 0.2) is 0 Å². The maximum atomic E-state index is 5.53. The van der Waals surface area contributed by atoms with Gasteiger partial charge in [0.1, 0.15) is 0 Å². The van der Waals surface area contributed by atoms with Gasteiger partial charge in [-0.25, -0.2) is 0 Å². The zero-order chi connectivity index (χ0) is 12.5. The van der Waals surface area contributed by atoms with Gasteiger partial charge in [0.2, 0.25) is 11.8 Å². The molecular weight excluding hydrogens is 218 g/mol. The Morgan fingerprint density at radius 3 is 2.41 bits per heavy atom. The first-order valence-electron chi connectivity index (χ1n) is 6.26. The van der Waals surface area contributed by atoms with Crippen molar-refractivity contribution in [3.05, 3.63) is 11.8 Å². The van der Waals surface area contributed by atoms with E-state index in [4.69, 9.17) is 9.15 Å². The molecule has 98 valence electrons. The average molecular weight is 241 g/mol. The summed E-state index contributed by atoms with van der Waals surface area (Å²) in [6.07, 6.45) is 3.59. The van der Waals surface area contributed by atoms with Crippen LogP contribution in [0.3, 0.4) is 0 Å². The summed E-state index contributed by atoms with van der Waals surface area (Å²) in [5.74, 6) is 1.46. The maximum absolute atomic E-state index is 5.53. The molecule has 1 rings (SSSR count). The zero-order valence-electron chi connectivity index (χ0n) is 11.0. The Labute approximate surface area is 103 Å². The third kappa shape index (κ3) is 6.38. The summed E-state index contributed by atoms with van der Waals surface area (Å²) in [4.78, 5) is 0. The zero-order valence-corrected chi connectivity index (χ0v) is 11.0. The van der Waals surface area contributed by atoms with E-state index in [9.17, 15) is 0 Å². The largest absolute Gasteiger partial charge is 0.425 e. The number of rotatable bonds is 9. The van der Waals surface area contributed by atoms with Crippen LogP contribution in [0.1, 0.15) is 38.5 Å². The van der Waals surface area contributed by atoms with E-state index in [-0.39, 0.29) is 0 Å². The molecule has 5 heteroatoms. The molecule has 1 N–H and O–H groups in total. The minimum Gasteiger partial charge on any atom is -0.425 e. The summed E-state index contributed by atoms with van der Waals surface area (Å²) >= 11 is 0. The topological polar surface area (TPSA) is 60.2 Å². The number of hydrogen-bond acceptors (Lipinski definition) is 5. The summed E-state index contributed by atoms with van der Waals surface area (Å²) in [5.41, 5.74) is 0. The van der Waals surface area contributed by atoms with Crippen LogP contribution < -0.4 is 5.32 Å². The van der Waals surface area contributed by atoms with Crippen LogP contribution in [0.25, 0.3) is 0 Å². The smallest absolute Gasteiger partial charge is 0.216 e. The quantitative estimate of drug-likeness (QED) is 0.665. The molecule has 0 aliphatic carbocycles. The van der Waals surface area contributed by atoms with Crippen LogP contribution >= 0.6 is 0 Å². The van der Waals surface area contributed by atoms with Crippen molar-refractivity contribution in [3.8, 4) is 0 Å². The molecule has 17 heavy (non-hydrogen) atoms. The molecule has 0 radical (unpaired) electrons. The number of aromatic nitrogens is 2. The maximum Gasteiger partial charge on any atom is 0.216 e. The van der Waals surface area contributed by atoms with E-state index in [0.717, 1.165) is 44.7 Å². The van der Waals surface area contributed by atoms with Gasteiger partial charge in [0.05, 0.1) is 0 Å². The lowest BCUT2D eigenvalue weighted by molar-refractivity contribution is 0.192. The molecular formula is C12H23N3O2. The van der Waals surface area contributed by atoms with Crippen molar-refractivity contribution in [1.29, 1.82) is 0 Å². The van der Waals surface area contributed by atoms with Gasteiger partial charge in [-0.2, -0.15) is 0 Å². The highest BCUT2D eigenvalue weighted by molar-refractivity contribution is 4.82. The lowest BCUT2D eigenvalue weighted by Gasteiger charge is -2.05. The van der Waals surface area contributed by atoms with Gasteiger partial charge in [-0.1, -0.05) is 13.8 Å². The molecule has 0 aliphatic heterocycles. The van der Waals surface area contributed by atoms with Crippen LogP contribution in [0.15, 0.2) is 4.42 Å². The van der Waals surface area contributed by atoms with Crippen LogP contribution in [-0.4, -0.2) is 36.5 Å². The summed E-state index contributed by atoms with van der Waals surface area (Å²) in [6, 6.07) is 0.530. The molecule has 5 nitrogen and oxygen atoms in total. The van der Waals surface area contributed by atoms with Crippen LogP contribution in [0.4, 0.5) is 0 Å². The second-order valence-corrected chi connectivity index (χ2v) is 4.40. The number of nitrogens with zero attached hydrogens (tertiary/aromatic N) is 2. The minimum absolute atomic E-state index is 0.530. The first-order chi connectivity index (χ1) is 8.22. The molecule has 0 spiro atoms. The molecule has 0 aromatic carbocycles. The molecule has 0 atom stereocenters. The van der Waals surface area contributed by atoms with Crippen LogP contribution in [0, 0.1) is 0 Å². The molecule has 0 amide bonds.